The number of piperidine rings is 1. The lowest BCUT2D eigenvalue weighted by Gasteiger charge is -2.23. The number of hydrogen-bond donors (Lipinski definition) is 1. The third-order valence-electron chi connectivity index (χ3n) is 2.59. The molecule has 1 aromatic rings. The predicted octanol–water partition coefficient (Wildman–Crippen LogP) is 0.459. The van der Waals surface area contributed by atoms with Crippen LogP contribution < -0.4 is 11.0 Å². The van der Waals surface area contributed by atoms with Gasteiger partial charge in [-0.3, -0.25) is 9.88 Å². The Hall–Kier alpha value is -1.03. The third-order valence-corrected chi connectivity index (χ3v) is 2.59. The maximum Gasteiger partial charge on any atom is 0.329 e. The summed E-state index contributed by atoms with van der Waals surface area (Å²) >= 11 is 0. The second kappa shape index (κ2) is 3.38. The molecule has 4 heteroatoms. The molecule has 1 unspecified atom stereocenters. The highest BCUT2D eigenvalue weighted by Crippen LogP contribution is 2.14. The van der Waals surface area contributed by atoms with Gasteiger partial charge in [-0.05, 0) is 25.8 Å². The zero-order valence-electron chi connectivity index (χ0n) is 7.86. The number of imidazole rings is 1. The van der Waals surface area contributed by atoms with Crippen LogP contribution >= 0.6 is 0 Å². The molecular weight excluding hydrogens is 166 g/mol. The quantitative estimate of drug-likeness (QED) is 0.683. The summed E-state index contributed by atoms with van der Waals surface area (Å²) in [5.74, 6) is 0. The maximum absolute atomic E-state index is 11.6. The van der Waals surface area contributed by atoms with E-state index in [0.717, 1.165) is 13.0 Å². The van der Waals surface area contributed by atoms with Crippen molar-refractivity contribution in [2.24, 2.45) is 7.05 Å². The molecule has 1 N–H and O–H groups in total. The third kappa shape index (κ3) is 1.54. The summed E-state index contributed by atoms with van der Waals surface area (Å²) in [4.78, 5) is 11.6. The molecular formula is C9H15N3O. The van der Waals surface area contributed by atoms with Gasteiger partial charge in [0.15, 0.2) is 0 Å². The molecule has 1 aromatic heterocycles. The highest BCUT2D eigenvalue weighted by molar-refractivity contribution is 4.84. The van der Waals surface area contributed by atoms with Gasteiger partial charge in [0.25, 0.3) is 0 Å². The van der Waals surface area contributed by atoms with Crippen molar-refractivity contribution >= 4 is 0 Å². The minimum Gasteiger partial charge on any atom is -0.302 e. The van der Waals surface area contributed by atoms with Crippen molar-refractivity contribution in [3.8, 4) is 0 Å². The Morgan fingerprint density at radius 1 is 1.46 bits per heavy atom. The van der Waals surface area contributed by atoms with Crippen molar-refractivity contribution < 1.29 is 0 Å². The number of aryl methyl sites for hydroxylation is 1. The monoisotopic (exact) mass is 181 g/mol. The van der Waals surface area contributed by atoms with Crippen LogP contribution in [0.3, 0.4) is 0 Å². The molecule has 0 aromatic carbocycles. The topological polar surface area (TPSA) is 39.0 Å². The molecule has 72 valence electrons. The molecule has 2 heterocycles. The van der Waals surface area contributed by atoms with Crippen molar-refractivity contribution in [3.63, 3.8) is 0 Å². The summed E-state index contributed by atoms with van der Waals surface area (Å²) in [5, 5.41) is 3.34. The molecule has 4 nitrogen and oxygen atoms in total. The molecule has 1 aliphatic rings. The Bertz CT molecular complexity index is 333. The van der Waals surface area contributed by atoms with Crippen LogP contribution in [-0.4, -0.2) is 15.7 Å². The normalized spacial score (nSPS) is 23.3. The fourth-order valence-electron chi connectivity index (χ4n) is 1.79. The fourth-order valence-corrected chi connectivity index (χ4v) is 1.79. The Morgan fingerprint density at radius 2 is 2.31 bits per heavy atom. The van der Waals surface area contributed by atoms with Crippen LogP contribution in [-0.2, 0) is 7.05 Å². The van der Waals surface area contributed by atoms with Crippen molar-refractivity contribution in [1.29, 1.82) is 0 Å². The largest absolute Gasteiger partial charge is 0.329 e. The Kier molecular flexibility index (Phi) is 2.22. The van der Waals surface area contributed by atoms with Gasteiger partial charge in [0.2, 0.25) is 0 Å². The van der Waals surface area contributed by atoms with Gasteiger partial charge in [-0.1, -0.05) is 0 Å². The van der Waals surface area contributed by atoms with E-state index in [9.17, 15) is 4.79 Å². The van der Waals surface area contributed by atoms with Gasteiger partial charge in [-0.15, -0.1) is 0 Å². The number of hydrogen-bond acceptors (Lipinski definition) is 2. The predicted molar refractivity (Wildman–Crippen MR) is 50.6 cm³/mol. The standard InChI is InChI=1S/C9H15N3O/c1-11-6-7-12(9(11)13)8-4-2-3-5-10-8/h6-8,10H,2-5H2,1H3. The van der Waals surface area contributed by atoms with E-state index < -0.39 is 0 Å². The first-order valence-corrected chi connectivity index (χ1v) is 4.76. The minimum absolute atomic E-state index is 0.0689. The van der Waals surface area contributed by atoms with Crippen LogP contribution in [0.1, 0.15) is 25.4 Å². The summed E-state index contributed by atoms with van der Waals surface area (Å²) < 4.78 is 3.38. The van der Waals surface area contributed by atoms with Gasteiger partial charge >= 0.3 is 5.69 Å². The molecule has 13 heavy (non-hydrogen) atoms. The number of nitrogens with one attached hydrogen (secondary N) is 1. The number of aromatic nitrogens is 2. The first kappa shape index (κ1) is 8.56. The van der Waals surface area contributed by atoms with Gasteiger partial charge in [0, 0.05) is 19.4 Å². The molecule has 0 amide bonds. The van der Waals surface area contributed by atoms with E-state index in [1.54, 1.807) is 22.4 Å². The van der Waals surface area contributed by atoms with E-state index in [-0.39, 0.29) is 11.9 Å². The number of rotatable bonds is 1. The average Bonchev–Trinajstić information content (AvgIpc) is 2.49. The summed E-state index contributed by atoms with van der Waals surface area (Å²) in [6.45, 7) is 1.02. The van der Waals surface area contributed by atoms with Gasteiger partial charge in [0.05, 0.1) is 6.17 Å². The van der Waals surface area contributed by atoms with E-state index in [4.69, 9.17) is 0 Å². The van der Waals surface area contributed by atoms with Crippen LogP contribution in [0, 0.1) is 0 Å². The van der Waals surface area contributed by atoms with Crippen molar-refractivity contribution in [2.75, 3.05) is 6.54 Å². The van der Waals surface area contributed by atoms with Crippen LogP contribution in [0.25, 0.3) is 0 Å². The minimum atomic E-state index is 0.0689. The van der Waals surface area contributed by atoms with Crippen LogP contribution in [0.5, 0.6) is 0 Å². The summed E-state index contributed by atoms with van der Waals surface area (Å²) in [6, 6.07) is 0. The first-order chi connectivity index (χ1) is 6.29. The van der Waals surface area contributed by atoms with Gasteiger partial charge in [-0.2, -0.15) is 0 Å². The molecule has 0 saturated carbocycles. The van der Waals surface area contributed by atoms with Crippen LogP contribution in [0.15, 0.2) is 17.2 Å². The van der Waals surface area contributed by atoms with E-state index in [1.165, 1.54) is 12.8 Å². The Morgan fingerprint density at radius 3 is 2.85 bits per heavy atom. The second-order valence-corrected chi connectivity index (χ2v) is 3.56. The summed E-state index contributed by atoms with van der Waals surface area (Å²) in [7, 11) is 1.78. The Balaban J connectivity index is 2.24. The van der Waals surface area contributed by atoms with Crippen LogP contribution in [0.2, 0.25) is 0 Å². The van der Waals surface area contributed by atoms with Gasteiger partial charge in [-0.25, -0.2) is 4.79 Å². The smallest absolute Gasteiger partial charge is 0.302 e. The molecule has 1 saturated heterocycles. The zero-order chi connectivity index (χ0) is 9.26. The van der Waals surface area contributed by atoms with Crippen molar-refractivity contribution in [2.45, 2.75) is 25.4 Å². The molecule has 0 aliphatic carbocycles. The van der Waals surface area contributed by atoms with Crippen molar-refractivity contribution in [3.05, 3.63) is 22.9 Å². The highest BCUT2D eigenvalue weighted by atomic mass is 16.1. The fraction of sp³-hybridized carbons (Fsp3) is 0.667. The lowest BCUT2D eigenvalue weighted by Crippen LogP contribution is -2.37. The maximum atomic E-state index is 11.6. The SMILES string of the molecule is Cn1ccn(C2CCCCN2)c1=O. The molecule has 1 atom stereocenters. The Labute approximate surface area is 77.2 Å². The lowest BCUT2D eigenvalue weighted by atomic mass is 10.1. The second-order valence-electron chi connectivity index (χ2n) is 3.56. The lowest BCUT2D eigenvalue weighted by molar-refractivity contribution is 0.313. The van der Waals surface area contributed by atoms with Crippen LogP contribution in [0.4, 0.5) is 0 Å². The number of nitrogens with zero attached hydrogens (tertiary/aromatic N) is 2. The summed E-state index contributed by atoms with van der Waals surface area (Å²) in [6.07, 6.45) is 7.35. The molecule has 1 aliphatic heterocycles. The zero-order valence-corrected chi connectivity index (χ0v) is 7.86. The van der Waals surface area contributed by atoms with Gasteiger partial charge < -0.3 is 4.57 Å². The van der Waals surface area contributed by atoms with E-state index in [0.29, 0.717) is 0 Å². The average molecular weight is 181 g/mol. The summed E-state index contributed by atoms with van der Waals surface area (Å²) in [5.41, 5.74) is 0.0689. The van der Waals surface area contributed by atoms with Crippen molar-refractivity contribution in [1.82, 2.24) is 14.5 Å². The van der Waals surface area contributed by atoms with E-state index in [1.807, 2.05) is 6.20 Å². The first-order valence-electron chi connectivity index (χ1n) is 4.76. The van der Waals surface area contributed by atoms with Gasteiger partial charge in [0.1, 0.15) is 0 Å². The molecule has 1 fully saturated rings. The van der Waals surface area contributed by atoms with E-state index in [2.05, 4.69) is 5.32 Å². The highest BCUT2D eigenvalue weighted by Gasteiger charge is 2.15. The molecule has 0 radical (unpaired) electrons. The molecule has 0 bridgehead atoms. The molecule has 2 rings (SSSR count). The molecule has 0 spiro atoms. The van der Waals surface area contributed by atoms with E-state index >= 15 is 0 Å².